The van der Waals surface area contributed by atoms with Crippen LogP contribution in [0.3, 0.4) is 0 Å². The van der Waals surface area contributed by atoms with E-state index in [1.807, 2.05) is 55.5 Å². The van der Waals surface area contributed by atoms with Crippen molar-refractivity contribution in [2.24, 2.45) is 0 Å². The number of carbonyl (C=O) groups is 1. The number of anilines is 2. The zero-order valence-electron chi connectivity index (χ0n) is 14.6. The van der Waals surface area contributed by atoms with E-state index in [4.69, 9.17) is 11.6 Å². The fourth-order valence-electron chi connectivity index (χ4n) is 2.99. The molecule has 0 bridgehead atoms. The largest absolute Gasteiger partial charge is 0.353 e. The number of rotatable bonds is 3. The van der Waals surface area contributed by atoms with Crippen molar-refractivity contribution >= 4 is 39.9 Å². The highest BCUT2D eigenvalue weighted by atomic mass is 35.5. The van der Waals surface area contributed by atoms with Crippen LogP contribution < -0.4 is 10.6 Å². The standard InChI is InChI=1S/C21H17ClN4O/c1-13-8-9-18(16(22)11-13)25-21(27)26-20-15-6-2-3-7-17(15)24-19(20)14-5-4-10-23-12-14/h2-12,24H,1H3,(H2,25,26,27). The maximum atomic E-state index is 12.6. The summed E-state index contributed by atoms with van der Waals surface area (Å²) in [7, 11) is 0. The molecule has 4 aromatic rings. The number of urea groups is 1. The molecule has 2 heterocycles. The number of H-pyrrole nitrogens is 1. The van der Waals surface area contributed by atoms with E-state index in [0.29, 0.717) is 16.4 Å². The minimum atomic E-state index is -0.365. The first kappa shape index (κ1) is 17.1. The number of hydrogen-bond acceptors (Lipinski definition) is 2. The molecule has 134 valence electrons. The molecule has 27 heavy (non-hydrogen) atoms. The minimum Gasteiger partial charge on any atom is -0.353 e. The van der Waals surface area contributed by atoms with Crippen LogP contribution in [0.2, 0.25) is 5.02 Å². The molecule has 0 spiro atoms. The number of pyridine rings is 1. The fourth-order valence-corrected chi connectivity index (χ4v) is 3.27. The Morgan fingerprint density at radius 2 is 1.93 bits per heavy atom. The summed E-state index contributed by atoms with van der Waals surface area (Å²) in [5.74, 6) is 0. The number of fused-ring (bicyclic) bond motifs is 1. The van der Waals surface area contributed by atoms with Gasteiger partial charge in [0, 0.05) is 28.9 Å². The number of nitrogens with zero attached hydrogens (tertiary/aromatic N) is 1. The van der Waals surface area contributed by atoms with Crippen molar-refractivity contribution in [1.29, 1.82) is 0 Å². The van der Waals surface area contributed by atoms with Gasteiger partial charge in [-0.25, -0.2) is 4.79 Å². The van der Waals surface area contributed by atoms with Crippen LogP contribution in [-0.2, 0) is 0 Å². The first-order chi connectivity index (χ1) is 13.1. The van der Waals surface area contributed by atoms with Crippen molar-refractivity contribution in [2.45, 2.75) is 6.92 Å². The van der Waals surface area contributed by atoms with Gasteiger partial charge in [0.05, 0.1) is 22.1 Å². The summed E-state index contributed by atoms with van der Waals surface area (Å²) in [6.07, 6.45) is 3.47. The topological polar surface area (TPSA) is 69.8 Å². The Morgan fingerprint density at radius 1 is 1.07 bits per heavy atom. The van der Waals surface area contributed by atoms with Crippen LogP contribution in [0.25, 0.3) is 22.2 Å². The molecule has 0 aliphatic heterocycles. The monoisotopic (exact) mass is 376 g/mol. The molecule has 5 nitrogen and oxygen atoms in total. The van der Waals surface area contributed by atoms with E-state index in [0.717, 1.165) is 27.7 Å². The van der Waals surface area contributed by atoms with Gasteiger partial charge in [0.25, 0.3) is 0 Å². The summed E-state index contributed by atoms with van der Waals surface area (Å²) < 4.78 is 0. The lowest BCUT2D eigenvalue weighted by molar-refractivity contribution is 0.262. The Balaban J connectivity index is 1.69. The summed E-state index contributed by atoms with van der Waals surface area (Å²) in [6, 6.07) is 16.7. The van der Waals surface area contributed by atoms with Gasteiger partial charge in [-0.2, -0.15) is 0 Å². The van der Waals surface area contributed by atoms with Crippen LogP contribution in [0.15, 0.2) is 67.0 Å². The van der Waals surface area contributed by atoms with Crippen molar-refractivity contribution in [3.8, 4) is 11.3 Å². The Kier molecular flexibility index (Phi) is 4.52. The van der Waals surface area contributed by atoms with Crippen LogP contribution in [0.5, 0.6) is 0 Å². The van der Waals surface area contributed by atoms with E-state index >= 15 is 0 Å². The van der Waals surface area contributed by atoms with E-state index in [-0.39, 0.29) is 6.03 Å². The van der Waals surface area contributed by atoms with Crippen LogP contribution in [0, 0.1) is 6.92 Å². The van der Waals surface area contributed by atoms with Gasteiger partial charge < -0.3 is 15.6 Å². The third-order valence-corrected chi connectivity index (χ3v) is 4.58. The van der Waals surface area contributed by atoms with Gasteiger partial charge in [-0.15, -0.1) is 0 Å². The van der Waals surface area contributed by atoms with Crippen molar-refractivity contribution in [2.75, 3.05) is 10.6 Å². The second-order valence-electron chi connectivity index (χ2n) is 6.22. The maximum Gasteiger partial charge on any atom is 0.323 e. The molecule has 6 heteroatoms. The molecule has 2 aromatic heterocycles. The predicted octanol–water partition coefficient (Wildman–Crippen LogP) is 5.84. The lowest BCUT2D eigenvalue weighted by Crippen LogP contribution is -2.20. The fraction of sp³-hybridized carbons (Fsp3) is 0.0476. The molecular weight excluding hydrogens is 360 g/mol. The number of halogens is 1. The zero-order chi connectivity index (χ0) is 18.8. The number of carbonyl (C=O) groups excluding carboxylic acids is 1. The molecular formula is C21H17ClN4O. The first-order valence-corrected chi connectivity index (χ1v) is 8.85. The summed E-state index contributed by atoms with van der Waals surface area (Å²) in [5.41, 5.74) is 4.90. The van der Waals surface area contributed by atoms with Gasteiger partial charge in [-0.1, -0.05) is 35.9 Å². The van der Waals surface area contributed by atoms with Crippen LogP contribution in [0.1, 0.15) is 5.56 Å². The summed E-state index contributed by atoms with van der Waals surface area (Å²) in [4.78, 5) is 20.2. The molecule has 0 aliphatic carbocycles. The smallest absolute Gasteiger partial charge is 0.323 e. The van der Waals surface area contributed by atoms with Gasteiger partial charge in [-0.05, 0) is 42.8 Å². The Bertz CT molecular complexity index is 1120. The van der Waals surface area contributed by atoms with Gasteiger partial charge in [0.1, 0.15) is 0 Å². The lowest BCUT2D eigenvalue weighted by Gasteiger charge is -2.11. The van der Waals surface area contributed by atoms with Crippen molar-refractivity contribution in [3.63, 3.8) is 0 Å². The normalized spacial score (nSPS) is 10.7. The van der Waals surface area contributed by atoms with Crippen molar-refractivity contribution in [3.05, 3.63) is 77.6 Å². The number of nitrogens with one attached hydrogen (secondary N) is 3. The SMILES string of the molecule is Cc1ccc(NC(=O)Nc2c(-c3cccnc3)[nH]c3ccccc23)c(Cl)c1. The van der Waals surface area contributed by atoms with Gasteiger partial charge >= 0.3 is 6.03 Å². The maximum absolute atomic E-state index is 12.6. The Morgan fingerprint density at radius 3 is 2.70 bits per heavy atom. The molecule has 0 fully saturated rings. The second-order valence-corrected chi connectivity index (χ2v) is 6.63. The number of benzene rings is 2. The van der Waals surface area contributed by atoms with Crippen molar-refractivity contribution < 1.29 is 4.79 Å². The molecule has 2 aromatic carbocycles. The number of hydrogen-bond donors (Lipinski definition) is 3. The lowest BCUT2D eigenvalue weighted by atomic mass is 10.1. The third-order valence-electron chi connectivity index (χ3n) is 4.27. The molecule has 3 N–H and O–H groups in total. The third kappa shape index (κ3) is 3.50. The van der Waals surface area contributed by atoms with E-state index in [1.165, 1.54) is 0 Å². The summed E-state index contributed by atoms with van der Waals surface area (Å²) in [5, 5.41) is 7.18. The average Bonchev–Trinajstić information content (AvgIpc) is 3.03. The summed E-state index contributed by atoms with van der Waals surface area (Å²) in [6.45, 7) is 1.95. The number of para-hydroxylation sites is 1. The second kappa shape index (κ2) is 7.13. The molecule has 0 saturated carbocycles. The Labute approximate surface area is 161 Å². The van der Waals surface area contributed by atoms with Crippen LogP contribution >= 0.6 is 11.6 Å². The molecule has 0 atom stereocenters. The van der Waals surface area contributed by atoms with E-state index < -0.39 is 0 Å². The van der Waals surface area contributed by atoms with Crippen LogP contribution in [0.4, 0.5) is 16.2 Å². The highest BCUT2D eigenvalue weighted by Crippen LogP contribution is 2.34. The molecule has 2 amide bonds. The van der Waals surface area contributed by atoms with E-state index in [1.54, 1.807) is 18.5 Å². The van der Waals surface area contributed by atoms with Gasteiger partial charge in [-0.3, -0.25) is 4.98 Å². The average molecular weight is 377 g/mol. The number of amides is 2. The van der Waals surface area contributed by atoms with E-state index in [9.17, 15) is 4.79 Å². The van der Waals surface area contributed by atoms with E-state index in [2.05, 4.69) is 20.6 Å². The Hall–Kier alpha value is -3.31. The molecule has 0 unspecified atom stereocenters. The molecule has 0 radical (unpaired) electrons. The van der Waals surface area contributed by atoms with Gasteiger partial charge in [0.15, 0.2) is 0 Å². The highest BCUT2D eigenvalue weighted by molar-refractivity contribution is 6.34. The molecule has 0 saturated heterocycles. The van der Waals surface area contributed by atoms with Crippen molar-refractivity contribution in [1.82, 2.24) is 9.97 Å². The summed E-state index contributed by atoms with van der Waals surface area (Å²) >= 11 is 6.22. The number of aromatic nitrogens is 2. The number of aryl methyl sites for hydroxylation is 1. The molecule has 0 aliphatic rings. The zero-order valence-corrected chi connectivity index (χ0v) is 15.3. The quantitative estimate of drug-likeness (QED) is 0.420. The van der Waals surface area contributed by atoms with Gasteiger partial charge in [0.2, 0.25) is 0 Å². The number of aromatic amines is 1. The first-order valence-electron chi connectivity index (χ1n) is 8.47. The predicted molar refractivity (Wildman–Crippen MR) is 110 cm³/mol. The minimum absolute atomic E-state index is 0.365. The highest BCUT2D eigenvalue weighted by Gasteiger charge is 2.16. The molecule has 4 rings (SSSR count). The van der Waals surface area contributed by atoms with Crippen LogP contribution in [-0.4, -0.2) is 16.0 Å².